The molecule has 6 heterocycles. The highest BCUT2D eigenvalue weighted by atomic mass is 32.1. The maximum Gasteiger partial charge on any atom is 0.219 e. The second-order valence-electron chi connectivity index (χ2n) is 10.1. The molecule has 0 bridgehead atoms. The van der Waals surface area contributed by atoms with Gasteiger partial charge in [0.1, 0.15) is 5.76 Å². The monoisotopic (exact) mass is 516 g/mol. The third kappa shape index (κ3) is 4.06. The molecule has 0 aromatic carbocycles. The molecule has 1 fully saturated rings. The van der Waals surface area contributed by atoms with Crippen LogP contribution in [0, 0.1) is 0 Å². The topological polar surface area (TPSA) is 123 Å². The number of aliphatic hydroxyl groups is 1. The molecule has 5 aromatic rings. The van der Waals surface area contributed by atoms with Crippen molar-refractivity contribution in [2.24, 2.45) is 0 Å². The number of rotatable bonds is 4. The third-order valence-corrected chi connectivity index (χ3v) is 8.53. The van der Waals surface area contributed by atoms with Gasteiger partial charge < -0.3 is 20.2 Å². The Balaban J connectivity index is 1.43. The average molecular weight is 517 g/mol. The van der Waals surface area contributed by atoms with Gasteiger partial charge in [0.25, 0.3) is 0 Å². The number of thiophene rings is 1. The molecular weight excluding hydrogens is 488 g/mol. The van der Waals surface area contributed by atoms with Crippen molar-refractivity contribution in [1.29, 1.82) is 0 Å². The van der Waals surface area contributed by atoms with E-state index in [2.05, 4.69) is 15.1 Å². The highest BCUT2D eigenvalue weighted by molar-refractivity contribution is 7.19. The van der Waals surface area contributed by atoms with Crippen LogP contribution in [0.4, 0.5) is 5.82 Å². The Bertz CT molecular complexity index is 1640. The average Bonchev–Trinajstić information content (AvgIpc) is 3.61. The quantitative estimate of drug-likeness (QED) is 0.346. The Morgan fingerprint density at radius 1 is 1.22 bits per heavy atom. The summed E-state index contributed by atoms with van der Waals surface area (Å²) in [7, 11) is 0. The predicted octanol–water partition coefficient (Wildman–Crippen LogP) is 4.96. The van der Waals surface area contributed by atoms with Gasteiger partial charge in [0.05, 0.1) is 22.5 Å². The van der Waals surface area contributed by atoms with E-state index in [-0.39, 0.29) is 11.9 Å². The molecule has 1 amide bonds. The van der Waals surface area contributed by atoms with E-state index < -0.39 is 5.60 Å². The fourth-order valence-corrected chi connectivity index (χ4v) is 6.32. The number of nitrogens with zero attached hydrogens (tertiary/aromatic N) is 5. The molecule has 9 nitrogen and oxygen atoms in total. The summed E-state index contributed by atoms with van der Waals surface area (Å²) in [6.45, 7) is 6.64. The van der Waals surface area contributed by atoms with E-state index in [1.54, 1.807) is 39.4 Å². The van der Waals surface area contributed by atoms with Crippen LogP contribution in [-0.2, 0) is 10.4 Å². The molecule has 5 aromatic heterocycles. The Kier molecular flexibility index (Phi) is 5.54. The van der Waals surface area contributed by atoms with Gasteiger partial charge >= 0.3 is 0 Å². The zero-order valence-electron chi connectivity index (χ0n) is 20.9. The first-order valence-corrected chi connectivity index (χ1v) is 13.1. The molecule has 1 aliphatic rings. The van der Waals surface area contributed by atoms with Gasteiger partial charge in [-0.25, -0.2) is 4.98 Å². The second kappa shape index (κ2) is 8.67. The molecular formula is C27H28N6O3S. The largest absolute Gasteiger partial charge is 0.452 e. The van der Waals surface area contributed by atoms with Crippen LogP contribution in [0.3, 0.4) is 0 Å². The van der Waals surface area contributed by atoms with E-state index in [0.717, 1.165) is 63.0 Å². The van der Waals surface area contributed by atoms with E-state index in [4.69, 9.17) is 10.2 Å². The maximum absolute atomic E-state index is 11.7. The summed E-state index contributed by atoms with van der Waals surface area (Å²) < 4.78 is 9.29. The standard InChI is InChI=1S/C27H28N6O3S/c1-15(34)32-8-5-17(6-9-32)33-14-16(11-31-33)20-12-30-26(28)24-19(20)10-21(36-24)23-18-4-7-29-13-22(18)37-25(23)27(2,3)35/h4,7,10-14,17,35H,5-6,8-9H2,1-3H3,(H2,28,30). The molecule has 190 valence electrons. The fraction of sp³-hybridized carbons (Fsp3) is 0.333. The number of nitrogens with two attached hydrogens (primary N) is 1. The maximum atomic E-state index is 11.7. The number of likely N-dealkylation sites (tertiary alicyclic amines) is 1. The van der Waals surface area contributed by atoms with Crippen LogP contribution < -0.4 is 5.73 Å². The Hall–Kier alpha value is -3.76. The van der Waals surface area contributed by atoms with Gasteiger partial charge in [0.2, 0.25) is 5.91 Å². The molecule has 10 heteroatoms. The van der Waals surface area contributed by atoms with Gasteiger partial charge in [-0.15, -0.1) is 11.3 Å². The van der Waals surface area contributed by atoms with E-state index in [1.807, 2.05) is 34.1 Å². The molecule has 1 saturated heterocycles. The number of carbonyl (C=O) groups is 1. The summed E-state index contributed by atoms with van der Waals surface area (Å²) in [5.41, 5.74) is 8.32. The van der Waals surface area contributed by atoms with Crippen molar-refractivity contribution in [2.75, 3.05) is 18.8 Å². The number of aromatic nitrogens is 4. The summed E-state index contributed by atoms with van der Waals surface area (Å²) in [4.78, 5) is 23.0. The van der Waals surface area contributed by atoms with Crippen LogP contribution in [0.25, 0.3) is 43.5 Å². The lowest BCUT2D eigenvalue weighted by molar-refractivity contribution is -0.130. The van der Waals surface area contributed by atoms with E-state index >= 15 is 0 Å². The third-order valence-electron chi connectivity index (χ3n) is 7.08. The number of amides is 1. The van der Waals surface area contributed by atoms with Crippen LogP contribution in [0.2, 0.25) is 0 Å². The van der Waals surface area contributed by atoms with Gasteiger partial charge in [-0.1, -0.05) is 0 Å². The molecule has 0 aliphatic carbocycles. The minimum Gasteiger partial charge on any atom is -0.452 e. The van der Waals surface area contributed by atoms with Gasteiger partial charge in [-0.3, -0.25) is 14.5 Å². The SMILES string of the molecule is CC(=O)N1CCC(n2cc(-c3cnc(N)c4oc(-c5c(C(C)(C)O)sc6cnccc56)cc34)cn2)CC1. The molecule has 0 radical (unpaired) electrons. The Morgan fingerprint density at radius 2 is 2.00 bits per heavy atom. The molecule has 0 unspecified atom stereocenters. The van der Waals surface area contributed by atoms with Crippen LogP contribution >= 0.6 is 11.3 Å². The van der Waals surface area contributed by atoms with Crippen LogP contribution in [0.15, 0.2) is 47.5 Å². The highest BCUT2D eigenvalue weighted by Crippen LogP contribution is 2.46. The van der Waals surface area contributed by atoms with Crippen LogP contribution in [-0.4, -0.2) is 48.8 Å². The van der Waals surface area contributed by atoms with Crippen molar-refractivity contribution >= 4 is 44.1 Å². The number of piperidine rings is 1. The van der Waals surface area contributed by atoms with Gasteiger partial charge in [0.15, 0.2) is 11.4 Å². The van der Waals surface area contributed by atoms with Gasteiger partial charge in [-0.2, -0.15) is 5.10 Å². The number of fused-ring (bicyclic) bond motifs is 2. The molecule has 3 N–H and O–H groups in total. The first-order valence-electron chi connectivity index (χ1n) is 12.3. The number of pyridine rings is 2. The molecule has 0 spiro atoms. The van der Waals surface area contributed by atoms with Gasteiger partial charge in [-0.05, 0) is 38.8 Å². The number of anilines is 1. The van der Waals surface area contributed by atoms with Crippen molar-refractivity contribution in [2.45, 2.75) is 45.3 Å². The highest BCUT2D eigenvalue weighted by Gasteiger charge is 2.29. The molecule has 0 atom stereocenters. The van der Waals surface area contributed by atoms with Gasteiger partial charge in [0, 0.05) is 77.1 Å². The van der Waals surface area contributed by atoms with Crippen molar-refractivity contribution in [3.05, 3.63) is 48.0 Å². The molecule has 6 rings (SSSR count). The van der Waals surface area contributed by atoms with E-state index in [1.165, 1.54) is 11.3 Å². The Morgan fingerprint density at radius 3 is 2.73 bits per heavy atom. The fourth-order valence-electron chi connectivity index (χ4n) is 5.15. The first-order chi connectivity index (χ1) is 17.7. The lowest BCUT2D eigenvalue weighted by Crippen LogP contribution is -2.37. The Labute approximate surface area is 217 Å². The zero-order valence-corrected chi connectivity index (χ0v) is 21.7. The summed E-state index contributed by atoms with van der Waals surface area (Å²) in [5, 5.41) is 17.4. The minimum atomic E-state index is -1.07. The molecule has 1 aliphatic heterocycles. The predicted molar refractivity (Wildman–Crippen MR) is 144 cm³/mol. The van der Waals surface area contributed by atoms with Crippen molar-refractivity contribution in [3.63, 3.8) is 0 Å². The van der Waals surface area contributed by atoms with E-state index in [0.29, 0.717) is 17.2 Å². The van der Waals surface area contributed by atoms with Crippen molar-refractivity contribution in [1.82, 2.24) is 24.6 Å². The number of hydrogen-bond acceptors (Lipinski definition) is 8. The summed E-state index contributed by atoms with van der Waals surface area (Å²) in [6.07, 6.45) is 10.9. The number of furan rings is 1. The summed E-state index contributed by atoms with van der Waals surface area (Å²) in [5.74, 6) is 1.04. The zero-order chi connectivity index (χ0) is 25.9. The normalized spacial score (nSPS) is 15.2. The smallest absolute Gasteiger partial charge is 0.219 e. The van der Waals surface area contributed by atoms with Crippen molar-refractivity contribution < 1.29 is 14.3 Å². The van der Waals surface area contributed by atoms with Crippen LogP contribution in [0.5, 0.6) is 0 Å². The van der Waals surface area contributed by atoms with Crippen LogP contribution in [0.1, 0.15) is 44.5 Å². The molecule has 37 heavy (non-hydrogen) atoms. The number of carbonyl (C=O) groups excluding carboxylic acids is 1. The first kappa shape index (κ1) is 23.6. The number of nitrogen functional groups attached to an aromatic ring is 1. The second-order valence-corrected chi connectivity index (χ2v) is 11.1. The van der Waals surface area contributed by atoms with E-state index in [9.17, 15) is 9.90 Å². The molecule has 0 saturated carbocycles. The minimum absolute atomic E-state index is 0.119. The lowest BCUT2D eigenvalue weighted by atomic mass is 9.99. The summed E-state index contributed by atoms with van der Waals surface area (Å²) in [6, 6.07) is 4.15. The lowest BCUT2D eigenvalue weighted by Gasteiger charge is -2.31. The summed E-state index contributed by atoms with van der Waals surface area (Å²) >= 11 is 1.50. The van der Waals surface area contributed by atoms with Crippen molar-refractivity contribution in [3.8, 4) is 22.5 Å². The number of hydrogen-bond donors (Lipinski definition) is 2.